The molecule has 2 rings (SSSR count). The third-order valence-electron chi connectivity index (χ3n) is 3.61. The Kier molecular flexibility index (Phi) is 2.58. The van der Waals surface area contributed by atoms with Crippen LogP contribution in [0, 0.1) is 5.41 Å². The van der Waals surface area contributed by atoms with Gasteiger partial charge >= 0.3 is 0 Å². The first-order chi connectivity index (χ1) is 6.24. The molecule has 0 radical (unpaired) electrons. The van der Waals surface area contributed by atoms with Gasteiger partial charge in [0.25, 0.3) is 0 Å². The van der Waals surface area contributed by atoms with Crippen molar-refractivity contribution in [2.45, 2.75) is 12.8 Å². The largest absolute Gasteiger partial charge is 0.329 e. The van der Waals surface area contributed by atoms with Crippen molar-refractivity contribution < 1.29 is 0 Å². The van der Waals surface area contributed by atoms with Crippen LogP contribution in [0.5, 0.6) is 0 Å². The van der Waals surface area contributed by atoms with Crippen molar-refractivity contribution in [1.82, 2.24) is 9.80 Å². The van der Waals surface area contributed by atoms with Gasteiger partial charge in [-0.3, -0.25) is 0 Å². The molecule has 2 N–H and O–H groups in total. The minimum atomic E-state index is 0.682. The highest BCUT2D eigenvalue weighted by Gasteiger charge is 2.43. The molecule has 0 aromatic rings. The molecule has 76 valence electrons. The van der Waals surface area contributed by atoms with Gasteiger partial charge in [-0.2, -0.15) is 0 Å². The molecule has 1 spiro atoms. The second-order valence-electron chi connectivity index (χ2n) is 4.80. The van der Waals surface area contributed by atoms with Crippen LogP contribution in [-0.4, -0.2) is 56.1 Å². The van der Waals surface area contributed by atoms with E-state index in [1.807, 2.05) is 0 Å². The first-order valence-electron chi connectivity index (χ1n) is 5.35. The lowest BCUT2D eigenvalue weighted by Crippen LogP contribution is -2.60. The molecule has 0 bridgehead atoms. The van der Waals surface area contributed by atoms with Crippen molar-refractivity contribution in [3.63, 3.8) is 0 Å². The SMILES string of the molecule is CN1CCC2(CC1)CN(CCN)C2. The molecule has 2 saturated heterocycles. The van der Waals surface area contributed by atoms with Crippen LogP contribution in [0.4, 0.5) is 0 Å². The van der Waals surface area contributed by atoms with Gasteiger partial charge in [-0.1, -0.05) is 0 Å². The van der Waals surface area contributed by atoms with E-state index in [0.717, 1.165) is 13.1 Å². The van der Waals surface area contributed by atoms with E-state index >= 15 is 0 Å². The van der Waals surface area contributed by atoms with Gasteiger partial charge < -0.3 is 15.5 Å². The molecular weight excluding hydrogens is 162 g/mol. The van der Waals surface area contributed by atoms with E-state index in [1.165, 1.54) is 39.0 Å². The van der Waals surface area contributed by atoms with Crippen molar-refractivity contribution >= 4 is 0 Å². The van der Waals surface area contributed by atoms with Crippen molar-refractivity contribution in [2.24, 2.45) is 11.1 Å². The molecule has 0 saturated carbocycles. The summed E-state index contributed by atoms with van der Waals surface area (Å²) in [6.07, 6.45) is 2.79. The Balaban J connectivity index is 1.76. The lowest BCUT2D eigenvalue weighted by molar-refractivity contribution is -0.0401. The van der Waals surface area contributed by atoms with E-state index in [0.29, 0.717) is 5.41 Å². The maximum Gasteiger partial charge on any atom is 0.0105 e. The molecule has 2 aliphatic heterocycles. The lowest BCUT2D eigenvalue weighted by atomic mass is 9.72. The second kappa shape index (κ2) is 3.56. The Morgan fingerprint density at radius 2 is 1.85 bits per heavy atom. The summed E-state index contributed by atoms with van der Waals surface area (Å²) in [5.41, 5.74) is 6.21. The smallest absolute Gasteiger partial charge is 0.0105 e. The van der Waals surface area contributed by atoms with Crippen molar-refractivity contribution in [1.29, 1.82) is 0 Å². The lowest BCUT2D eigenvalue weighted by Gasteiger charge is -2.53. The molecule has 2 heterocycles. The van der Waals surface area contributed by atoms with Crippen LogP contribution < -0.4 is 5.73 Å². The predicted molar refractivity (Wildman–Crippen MR) is 54.7 cm³/mol. The maximum atomic E-state index is 5.53. The van der Waals surface area contributed by atoms with Gasteiger partial charge in [-0.25, -0.2) is 0 Å². The molecule has 2 fully saturated rings. The summed E-state index contributed by atoms with van der Waals surface area (Å²) in [5, 5.41) is 0. The molecule has 2 aliphatic rings. The minimum Gasteiger partial charge on any atom is -0.329 e. The van der Waals surface area contributed by atoms with Gasteiger partial charge in [0, 0.05) is 26.2 Å². The molecule has 0 aromatic carbocycles. The fourth-order valence-electron chi connectivity index (χ4n) is 2.65. The Labute approximate surface area is 80.9 Å². The second-order valence-corrected chi connectivity index (χ2v) is 4.80. The molecule has 0 atom stereocenters. The molecular formula is C10H21N3. The van der Waals surface area contributed by atoms with Crippen LogP contribution in [0.15, 0.2) is 0 Å². The van der Waals surface area contributed by atoms with Gasteiger partial charge in [0.15, 0.2) is 0 Å². The highest BCUT2D eigenvalue weighted by molar-refractivity contribution is 4.97. The monoisotopic (exact) mass is 183 g/mol. The molecule has 0 unspecified atom stereocenters. The van der Waals surface area contributed by atoms with Gasteiger partial charge in [-0.15, -0.1) is 0 Å². The van der Waals surface area contributed by atoms with Crippen LogP contribution in [0.25, 0.3) is 0 Å². The molecule has 0 aliphatic carbocycles. The van der Waals surface area contributed by atoms with Crippen molar-refractivity contribution in [3.05, 3.63) is 0 Å². The Morgan fingerprint density at radius 3 is 2.38 bits per heavy atom. The van der Waals surface area contributed by atoms with Crippen molar-refractivity contribution in [2.75, 3.05) is 46.3 Å². The normalized spacial score (nSPS) is 29.1. The predicted octanol–water partition coefficient (Wildman–Crippen LogP) is -0.0273. The number of hydrogen-bond donors (Lipinski definition) is 1. The highest BCUT2D eigenvalue weighted by atomic mass is 15.2. The van der Waals surface area contributed by atoms with E-state index in [2.05, 4.69) is 16.8 Å². The van der Waals surface area contributed by atoms with E-state index in [1.54, 1.807) is 0 Å². The standard InChI is InChI=1S/C10H21N3/c1-12-5-2-10(3-6-12)8-13(9-10)7-4-11/h2-9,11H2,1H3. The summed E-state index contributed by atoms with van der Waals surface area (Å²) in [6, 6.07) is 0. The number of nitrogens with two attached hydrogens (primary N) is 1. The van der Waals surface area contributed by atoms with Crippen LogP contribution in [-0.2, 0) is 0 Å². The highest BCUT2D eigenvalue weighted by Crippen LogP contribution is 2.39. The number of piperidine rings is 1. The molecule has 13 heavy (non-hydrogen) atoms. The minimum absolute atomic E-state index is 0.682. The fraction of sp³-hybridized carbons (Fsp3) is 1.00. The Morgan fingerprint density at radius 1 is 1.23 bits per heavy atom. The fourth-order valence-corrected chi connectivity index (χ4v) is 2.65. The van der Waals surface area contributed by atoms with Gasteiger partial charge in [-0.05, 0) is 38.4 Å². The summed E-state index contributed by atoms with van der Waals surface area (Å²) < 4.78 is 0. The van der Waals surface area contributed by atoms with Gasteiger partial charge in [0.05, 0.1) is 0 Å². The van der Waals surface area contributed by atoms with Crippen LogP contribution in [0.2, 0.25) is 0 Å². The zero-order chi connectivity index (χ0) is 9.31. The quantitative estimate of drug-likeness (QED) is 0.652. The molecule has 3 nitrogen and oxygen atoms in total. The first-order valence-corrected chi connectivity index (χ1v) is 5.35. The average Bonchev–Trinajstić information content (AvgIpc) is 2.07. The maximum absolute atomic E-state index is 5.53. The zero-order valence-electron chi connectivity index (χ0n) is 8.63. The Hall–Kier alpha value is -0.120. The Bertz CT molecular complexity index is 165. The summed E-state index contributed by atoms with van der Waals surface area (Å²) in [7, 11) is 2.23. The third kappa shape index (κ3) is 1.87. The summed E-state index contributed by atoms with van der Waals surface area (Å²) in [6.45, 7) is 7.09. The van der Waals surface area contributed by atoms with E-state index in [4.69, 9.17) is 5.73 Å². The summed E-state index contributed by atoms with van der Waals surface area (Å²) >= 11 is 0. The number of hydrogen-bond acceptors (Lipinski definition) is 3. The number of likely N-dealkylation sites (tertiary alicyclic amines) is 2. The first kappa shape index (κ1) is 9.44. The molecule has 3 heteroatoms. The van der Waals surface area contributed by atoms with E-state index in [-0.39, 0.29) is 0 Å². The van der Waals surface area contributed by atoms with Crippen LogP contribution in [0.1, 0.15) is 12.8 Å². The van der Waals surface area contributed by atoms with Crippen molar-refractivity contribution in [3.8, 4) is 0 Å². The van der Waals surface area contributed by atoms with E-state index < -0.39 is 0 Å². The zero-order valence-corrected chi connectivity index (χ0v) is 8.63. The summed E-state index contributed by atoms with van der Waals surface area (Å²) in [5.74, 6) is 0. The topological polar surface area (TPSA) is 32.5 Å². The number of rotatable bonds is 2. The molecule has 0 amide bonds. The van der Waals surface area contributed by atoms with Crippen LogP contribution in [0.3, 0.4) is 0 Å². The number of nitrogens with zero attached hydrogens (tertiary/aromatic N) is 2. The van der Waals surface area contributed by atoms with E-state index in [9.17, 15) is 0 Å². The van der Waals surface area contributed by atoms with Gasteiger partial charge in [0.2, 0.25) is 0 Å². The van der Waals surface area contributed by atoms with Gasteiger partial charge in [0.1, 0.15) is 0 Å². The summed E-state index contributed by atoms with van der Waals surface area (Å²) in [4.78, 5) is 4.93. The average molecular weight is 183 g/mol. The molecule has 0 aromatic heterocycles. The van der Waals surface area contributed by atoms with Crippen LogP contribution >= 0.6 is 0 Å². The third-order valence-corrected chi connectivity index (χ3v) is 3.61.